The standard InChI is InChI=1S/C20H13ClO3/c21-18-11-8-15(19(23)14-6-9-16(22)10-7-14)12-17(18)20(24)13-4-2-1-3-5-13/h1-12,22H. The normalized spacial score (nSPS) is 10.4. The average molecular weight is 337 g/mol. The summed E-state index contributed by atoms with van der Waals surface area (Å²) in [6.07, 6.45) is 0. The van der Waals surface area contributed by atoms with Crippen LogP contribution in [0.1, 0.15) is 31.8 Å². The number of phenolic OH excluding ortho intramolecular Hbond substituents is 1. The van der Waals surface area contributed by atoms with Gasteiger partial charge in [0, 0.05) is 22.3 Å². The van der Waals surface area contributed by atoms with Crippen molar-refractivity contribution >= 4 is 23.2 Å². The number of benzene rings is 3. The van der Waals surface area contributed by atoms with Gasteiger partial charge >= 0.3 is 0 Å². The largest absolute Gasteiger partial charge is 0.508 e. The third-order valence-corrected chi connectivity index (χ3v) is 3.97. The molecule has 0 spiro atoms. The monoisotopic (exact) mass is 336 g/mol. The molecule has 0 unspecified atom stereocenters. The van der Waals surface area contributed by atoms with E-state index < -0.39 is 0 Å². The topological polar surface area (TPSA) is 54.4 Å². The fraction of sp³-hybridized carbons (Fsp3) is 0. The molecule has 3 aromatic carbocycles. The molecule has 1 N–H and O–H groups in total. The minimum absolute atomic E-state index is 0.0857. The van der Waals surface area contributed by atoms with Gasteiger partial charge < -0.3 is 5.11 Å². The maximum absolute atomic E-state index is 12.6. The van der Waals surface area contributed by atoms with Gasteiger partial charge in [-0.25, -0.2) is 0 Å². The minimum Gasteiger partial charge on any atom is -0.508 e. The van der Waals surface area contributed by atoms with Crippen LogP contribution in [0.3, 0.4) is 0 Å². The van der Waals surface area contributed by atoms with Crippen LogP contribution in [0.5, 0.6) is 5.75 Å². The third kappa shape index (κ3) is 3.21. The van der Waals surface area contributed by atoms with Crippen LogP contribution >= 0.6 is 11.6 Å². The van der Waals surface area contributed by atoms with Crippen molar-refractivity contribution < 1.29 is 14.7 Å². The zero-order valence-corrected chi connectivity index (χ0v) is 13.3. The third-order valence-electron chi connectivity index (χ3n) is 3.64. The van der Waals surface area contributed by atoms with Crippen molar-refractivity contribution in [3.05, 3.63) is 100 Å². The Bertz CT molecular complexity index is 900. The lowest BCUT2D eigenvalue weighted by Gasteiger charge is -2.07. The molecule has 0 aliphatic rings. The van der Waals surface area contributed by atoms with Crippen molar-refractivity contribution in [1.29, 1.82) is 0 Å². The maximum Gasteiger partial charge on any atom is 0.194 e. The van der Waals surface area contributed by atoms with E-state index in [9.17, 15) is 14.7 Å². The summed E-state index contributed by atoms with van der Waals surface area (Å²) in [5, 5.41) is 9.61. The summed E-state index contributed by atoms with van der Waals surface area (Å²) in [5.74, 6) is -0.391. The molecule has 24 heavy (non-hydrogen) atoms. The van der Waals surface area contributed by atoms with E-state index in [1.807, 2.05) is 6.07 Å². The van der Waals surface area contributed by atoms with Crippen LogP contribution in [0, 0.1) is 0 Å². The number of rotatable bonds is 4. The van der Waals surface area contributed by atoms with Gasteiger partial charge in [-0.1, -0.05) is 41.9 Å². The molecule has 3 rings (SSSR count). The van der Waals surface area contributed by atoms with Crippen molar-refractivity contribution in [2.45, 2.75) is 0 Å². The molecule has 118 valence electrons. The summed E-state index contributed by atoms with van der Waals surface area (Å²) in [5.41, 5.74) is 1.58. The van der Waals surface area contributed by atoms with Crippen molar-refractivity contribution in [3.8, 4) is 5.75 Å². The van der Waals surface area contributed by atoms with Gasteiger partial charge in [0.05, 0.1) is 5.02 Å². The highest BCUT2D eigenvalue weighted by atomic mass is 35.5. The fourth-order valence-corrected chi connectivity index (χ4v) is 2.57. The Balaban J connectivity index is 1.98. The number of aromatic hydroxyl groups is 1. The van der Waals surface area contributed by atoms with E-state index in [0.717, 1.165) is 0 Å². The molecule has 0 radical (unpaired) electrons. The minimum atomic E-state index is -0.242. The number of carbonyl (C=O) groups is 2. The Labute approximate surface area is 144 Å². The highest BCUT2D eigenvalue weighted by Gasteiger charge is 2.16. The number of ketones is 2. The number of hydrogen-bond donors (Lipinski definition) is 1. The van der Waals surface area contributed by atoms with Gasteiger partial charge in [0.15, 0.2) is 11.6 Å². The van der Waals surface area contributed by atoms with Crippen LogP contribution in [0.15, 0.2) is 72.8 Å². The zero-order chi connectivity index (χ0) is 17.1. The number of carbonyl (C=O) groups excluding carboxylic acids is 2. The molecule has 0 saturated heterocycles. The summed E-state index contributed by atoms with van der Waals surface area (Å²) in [6.45, 7) is 0. The quantitative estimate of drug-likeness (QED) is 0.713. The van der Waals surface area contributed by atoms with Gasteiger partial charge in [0.1, 0.15) is 5.75 Å². The van der Waals surface area contributed by atoms with Gasteiger partial charge in [0.2, 0.25) is 0 Å². The second-order valence-corrected chi connectivity index (χ2v) is 5.67. The highest BCUT2D eigenvalue weighted by molar-refractivity contribution is 6.35. The number of halogens is 1. The second kappa shape index (κ2) is 6.69. The fourth-order valence-electron chi connectivity index (χ4n) is 2.37. The molecule has 0 aromatic heterocycles. The Kier molecular flexibility index (Phi) is 4.45. The van der Waals surface area contributed by atoms with Crippen LogP contribution in [0.4, 0.5) is 0 Å². The highest BCUT2D eigenvalue weighted by Crippen LogP contribution is 2.23. The molecule has 0 bridgehead atoms. The molecular weight excluding hydrogens is 324 g/mol. The Morgan fingerprint density at radius 2 is 1.29 bits per heavy atom. The molecular formula is C20H13ClO3. The summed E-state index contributed by atoms with van der Waals surface area (Å²) in [6, 6.07) is 19.4. The lowest BCUT2D eigenvalue weighted by Crippen LogP contribution is -2.06. The first-order chi connectivity index (χ1) is 11.6. The smallest absolute Gasteiger partial charge is 0.194 e. The Hall–Kier alpha value is -2.91. The lowest BCUT2D eigenvalue weighted by atomic mass is 9.97. The van der Waals surface area contributed by atoms with Crippen LogP contribution in [-0.2, 0) is 0 Å². The van der Waals surface area contributed by atoms with E-state index in [-0.39, 0.29) is 22.9 Å². The Morgan fingerprint density at radius 1 is 0.708 bits per heavy atom. The zero-order valence-electron chi connectivity index (χ0n) is 12.6. The SMILES string of the molecule is O=C(c1ccc(O)cc1)c1ccc(Cl)c(C(=O)c2ccccc2)c1. The van der Waals surface area contributed by atoms with Crippen molar-refractivity contribution in [2.24, 2.45) is 0 Å². The molecule has 3 aromatic rings. The van der Waals surface area contributed by atoms with Crippen molar-refractivity contribution in [2.75, 3.05) is 0 Å². The number of hydrogen-bond acceptors (Lipinski definition) is 3. The van der Waals surface area contributed by atoms with Crippen molar-refractivity contribution in [3.63, 3.8) is 0 Å². The molecule has 0 aliphatic heterocycles. The van der Waals surface area contributed by atoms with Gasteiger partial charge in [-0.2, -0.15) is 0 Å². The molecule has 0 fully saturated rings. The molecule has 0 atom stereocenters. The second-order valence-electron chi connectivity index (χ2n) is 5.27. The maximum atomic E-state index is 12.6. The van der Waals surface area contributed by atoms with Gasteiger partial charge in [-0.05, 0) is 42.5 Å². The molecule has 0 heterocycles. The molecule has 3 nitrogen and oxygen atoms in total. The molecule has 0 aliphatic carbocycles. The van der Waals surface area contributed by atoms with Gasteiger partial charge in [-0.15, -0.1) is 0 Å². The van der Waals surface area contributed by atoms with Gasteiger partial charge in [0.25, 0.3) is 0 Å². The van der Waals surface area contributed by atoms with E-state index in [1.54, 1.807) is 36.4 Å². The number of phenols is 1. The van der Waals surface area contributed by atoms with E-state index >= 15 is 0 Å². The Morgan fingerprint density at radius 3 is 1.96 bits per heavy atom. The summed E-state index contributed by atoms with van der Waals surface area (Å²) < 4.78 is 0. The molecule has 4 heteroatoms. The first kappa shape index (κ1) is 16.0. The van der Waals surface area contributed by atoms with Crippen LogP contribution in [0.25, 0.3) is 0 Å². The van der Waals surface area contributed by atoms with Crippen LogP contribution < -0.4 is 0 Å². The van der Waals surface area contributed by atoms with Gasteiger partial charge in [-0.3, -0.25) is 9.59 Å². The lowest BCUT2D eigenvalue weighted by molar-refractivity contribution is 0.103. The van der Waals surface area contributed by atoms with Crippen LogP contribution in [-0.4, -0.2) is 16.7 Å². The van der Waals surface area contributed by atoms with E-state index in [2.05, 4.69) is 0 Å². The summed E-state index contributed by atoms with van der Waals surface area (Å²) in [4.78, 5) is 25.1. The van der Waals surface area contributed by atoms with E-state index in [0.29, 0.717) is 21.7 Å². The van der Waals surface area contributed by atoms with Crippen LogP contribution in [0.2, 0.25) is 5.02 Å². The predicted molar refractivity (Wildman–Crippen MR) is 92.9 cm³/mol. The first-order valence-corrected chi connectivity index (χ1v) is 7.67. The predicted octanol–water partition coefficient (Wildman–Crippen LogP) is 4.51. The average Bonchev–Trinajstić information content (AvgIpc) is 2.62. The first-order valence-electron chi connectivity index (χ1n) is 7.29. The summed E-state index contributed by atoms with van der Waals surface area (Å²) in [7, 11) is 0. The van der Waals surface area contributed by atoms with E-state index in [4.69, 9.17) is 11.6 Å². The van der Waals surface area contributed by atoms with Crippen molar-refractivity contribution in [1.82, 2.24) is 0 Å². The summed E-state index contributed by atoms with van der Waals surface area (Å²) >= 11 is 6.15. The molecule has 0 saturated carbocycles. The molecule has 0 amide bonds. The van der Waals surface area contributed by atoms with E-state index in [1.165, 1.54) is 30.3 Å².